The Labute approximate surface area is 124 Å². The molecule has 1 aromatic rings. The van der Waals surface area contributed by atoms with Crippen molar-refractivity contribution in [3.8, 4) is 0 Å². The van der Waals surface area contributed by atoms with E-state index in [4.69, 9.17) is 0 Å². The second-order valence-electron chi connectivity index (χ2n) is 7.22. The summed E-state index contributed by atoms with van der Waals surface area (Å²) in [6.45, 7) is 6.94. The minimum atomic E-state index is -0.214. The fourth-order valence-electron chi connectivity index (χ4n) is 3.93. The predicted molar refractivity (Wildman–Crippen MR) is 79.0 cm³/mol. The molecule has 0 bridgehead atoms. The molecule has 0 spiro atoms. The van der Waals surface area contributed by atoms with Gasteiger partial charge in [-0.3, -0.25) is 9.59 Å². The largest absolute Gasteiger partial charge is 0.358 e. The average molecular weight is 284 g/mol. The van der Waals surface area contributed by atoms with Crippen LogP contribution >= 0.6 is 0 Å². The highest BCUT2D eigenvalue weighted by molar-refractivity contribution is 6.08. The number of H-pyrrole nitrogens is 1. The molecule has 1 aliphatic heterocycles. The van der Waals surface area contributed by atoms with Gasteiger partial charge >= 0.3 is 0 Å². The third-order valence-corrected chi connectivity index (χ3v) is 5.60. The van der Waals surface area contributed by atoms with Crippen LogP contribution in [0.15, 0.2) is 18.0 Å². The zero-order valence-electron chi connectivity index (χ0n) is 12.7. The molecule has 110 valence electrons. The van der Waals surface area contributed by atoms with Crippen LogP contribution in [-0.2, 0) is 10.2 Å². The Balaban J connectivity index is 1.82. The fraction of sp³-hybridized carbons (Fsp3) is 0.529. The van der Waals surface area contributed by atoms with E-state index in [0.717, 1.165) is 36.1 Å². The first-order valence-corrected chi connectivity index (χ1v) is 7.64. The number of rotatable bonds is 1. The lowest BCUT2D eigenvalue weighted by atomic mass is 9.73. The zero-order chi connectivity index (χ0) is 15.0. The predicted octanol–water partition coefficient (Wildman–Crippen LogP) is 2.69. The number of carbonyl (C=O) groups is 2. The third-order valence-electron chi connectivity index (χ3n) is 5.60. The van der Waals surface area contributed by atoms with Gasteiger partial charge in [-0.25, -0.2) is 0 Å². The van der Waals surface area contributed by atoms with Gasteiger partial charge in [0.1, 0.15) is 0 Å². The quantitative estimate of drug-likeness (QED) is 0.862. The number of likely N-dealkylation sites (tertiary alicyclic amines) is 1. The van der Waals surface area contributed by atoms with Gasteiger partial charge in [0.05, 0.1) is 5.69 Å². The molecule has 0 radical (unpaired) electrons. The number of amides is 1. The van der Waals surface area contributed by atoms with Gasteiger partial charge in [0.15, 0.2) is 0 Å². The number of nitrogens with zero attached hydrogens (tertiary/aromatic N) is 1. The lowest BCUT2D eigenvalue weighted by molar-refractivity contribution is -0.133. The molecule has 21 heavy (non-hydrogen) atoms. The minimum absolute atomic E-state index is 0.00812. The van der Waals surface area contributed by atoms with E-state index >= 15 is 0 Å². The van der Waals surface area contributed by atoms with Crippen LogP contribution in [0.3, 0.4) is 0 Å². The normalized spacial score (nSPS) is 29.0. The maximum atomic E-state index is 12.7. The van der Waals surface area contributed by atoms with Gasteiger partial charge in [-0.15, -0.1) is 0 Å². The van der Waals surface area contributed by atoms with Gasteiger partial charge in [0.2, 0.25) is 11.7 Å². The van der Waals surface area contributed by atoms with E-state index in [-0.39, 0.29) is 22.5 Å². The molecule has 4 nitrogen and oxygen atoms in total. The summed E-state index contributed by atoms with van der Waals surface area (Å²) < 4.78 is 0. The molecule has 2 fully saturated rings. The van der Waals surface area contributed by atoms with Crippen LogP contribution in [0.25, 0.3) is 0 Å². The Morgan fingerprint density at radius 1 is 1.29 bits per heavy atom. The highest BCUT2D eigenvalue weighted by Gasteiger charge is 2.54. The van der Waals surface area contributed by atoms with Crippen LogP contribution < -0.4 is 0 Å². The molecule has 1 aromatic heterocycles. The van der Waals surface area contributed by atoms with Gasteiger partial charge in [-0.1, -0.05) is 6.92 Å². The maximum Gasteiger partial charge on any atom is 0.232 e. The molecule has 1 atom stereocenters. The molecule has 4 rings (SSSR count). The van der Waals surface area contributed by atoms with E-state index < -0.39 is 0 Å². The van der Waals surface area contributed by atoms with Crippen molar-refractivity contribution >= 4 is 11.7 Å². The molecule has 1 unspecified atom stereocenters. The number of aromatic nitrogens is 1. The minimum Gasteiger partial charge on any atom is -0.358 e. The Kier molecular flexibility index (Phi) is 2.25. The summed E-state index contributed by atoms with van der Waals surface area (Å²) in [5, 5.41) is 0. The fourth-order valence-corrected chi connectivity index (χ4v) is 3.93. The van der Waals surface area contributed by atoms with E-state index in [0.29, 0.717) is 12.2 Å². The molecule has 2 aliphatic carbocycles. The van der Waals surface area contributed by atoms with Crippen LogP contribution in [0.1, 0.15) is 54.7 Å². The Hall–Kier alpha value is -1.84. The molecular weight excluding hydrogens is 264 g/mol. The first kappa shape index (κ1) is 12.9. The van der Waals surface area contributed by atoms with Gasteiger partial charge < -0.3 is 9.88 Å². The number of fused-ring (bicyclic) bond motifs is 3. The lowest BCUT2D eigenvalue weighted by Crippen LogP contribution is -2.37. The van der Waals surface area contributed by atoms with Crippen LogP contribution in [0.4, 0.5) is 0 Å². The number of nitrogens with one attached hydrogen (secondary N) is 1. The molecule has 1 saturated heterocycles. The maximum absolute atomic E-state index is 12.7. The summed E-state index contributed by atoms with van der Waals surface area (Å²) in [5.41, 5.74) is 3.39. The van der Waals surface area contributed by atoms with Crippen molar-refractivity contribution in [1.29, 1.82) is 0 Å². The molecule has 1 saturated carbocycles. The van der Waals surface area contributed by atoms with Crippen LogP contribution in [-0.4, -0.2) is 28.1 Å². The number of aryl methyl sites for hydroxylation is 1. The summed E-state index contributed by atoms with van der Waals surface area (Å²) >= 11 is 0. The van der Waals surface area contributed by atoms with Crippen LogP contribution in [0.2, 0.25) is 0 Å². The number of aromatic amines is 1. The molecule has 3 aliphatic rings. The Morgan fingerprint density at radius 3 is 2.67 bits per heavy atom. The Morgan fingerprint density at radius 2 is 2.00 bits per heavy atom. The van der Waals surface area contributed by atoms with Gasteiger partial charge in [-0.2, -0.15) is 0 Å². The highest BCUT2D eigenvalue weighted by atomic mass is 16.2. The summed E-state index contributed by atoms with van der Waals surface area (Å²) in [7, 11) is 0. The van der Waals surface area contributed by atoms with Crippen LogP contribution in [0, 0.1) is 12.3 Å². The highest BCUT2D eigenvalue weighted by Crippen LogP contribution is 2.53. The zero-order valence-corrected chi connectivity index (χ0v) is 12.7. The Bertz CT molecular complexity index is 708. The molecule has 2 heterocycles. The smallest absolute Gasteiger partial charge is 0.232 e. The number of ketones is 1. The first-order valence-electron chi connectivity index (χ1n) is 7.64. The standard InChI is InChI=1S/C17H20N2O2/c1-10-9-18-14-11(20)8-12-17(3,13(10)14)6-7-19(12)15(21)16(2)4-5-16/h8-9,18H,4-7H2,1-3H3. The molecule has 1 N–H and O–H groups in total. The monoisotopic (exact) mass is 284 g/mol. The topological polar surface area (TPSA) is 53.2 Å². The summed E-state index contributed by atoms with van der Waals surface area (Å²) in [6.07, 6.45) is 6.40. The lowest BCUT2D eigenvalue weighted by Gasteiger charge is -2.33. The van der Waals surface area contributed by atoms with Crippen molar-refractivity contribution in [3.63, 3.8) is 0 Å². The van der Waals surface area contributed by atoms with Crippen molar-refractivity contribution in [1.82, 2.24) is 9.88 Å². The van der Waals surface area contributed by atoms with Gasteiger partial charge in [-0.05, 0) is 44.2 Å². The van der Waals surface area contributed by atoms with E-state index in [1.54, 1.807) is 6.08 Å². The first-order chi connectivity index (χ1) is 9.87. The number of hydrogen-bond acceptors (Lipinski definition) is 2. The van der Waals surface area contributed by atoms with Crippen molar-refractivity contribution in [2.45, 2.75) is 45.4 Å². The molecule has 0 aromatic carbocycles. The van der Waals surface area contributed by atoms with Crippen molar-refractivity contribution in [3.05, 3.63) is 34.8 Å². The van der Waals surface area contributed by atoms with Crippen molar-refractivity contribution < 1.29 is 9.59 Å². The second-order valence-corrected chi connectivity index (χ2v) is 7.22. The second kappa shape index (κ2) is 3.67. The van der Waals surface area contributed by atoms with Gasteiger partial charge in [0, 0.05) is 35.3 Å². The summed E-state index contributed by atoms with van der Waals surface area (Å²) in [4.78, 5) is 30.1. The van der Waals surface area contributed by atoms with E-state index in [9.17, 15) is 9.59 Å². The molecule has 4 heteroatoms. The molecular formula is C17H20N2O2. The van der Waals surface area contributed by atoms with Gasteiger partial charge in [0.25, 0.3) is 0 Å². The molecule has 1 amide bonds. The third kappa shape index (κ3) is 1.50. The summed E-state index contributed by atoms with van der Waals surface area (Å²) in [6, 6.07) is 0. The number of hydrogen-bond donors (Lipinski definition) is 1. The van der Waals surface area contributed by atoms with Crippen molar-refractivity contribution in [2.24, 2.45) is 5.41 Å². The SMILES string of the molecule is Cc1c[nH]c2c1C1(C)CCN(C(=O)C3(C)CC3)C1=CC2=O. The van der Waals surface area contributed by atoms with E-state index in [2.05, 4.69) is 11.9 Å². The van der Waals surface area contributed by atoms with Crippen LogP contribution in [0.5, 0.6) is 0 Å². The van der Waals surface area contributed by atoms with E-state index in [1.165, 1.54) is 0 Å². The van der Waals surface area contributed by atoms with E-state index in [1.807, 2.05) is 24.9 Å². The van der Waals surface area contributed by atoms with Crippen molar-refractivity contribution in [2.75, 3.05) is 6.54 Å². The summed E-state index contributed by atoms with van der Waals surface area (Å²) in [5.74, 6) is 0.188. The number of carbonyl (C=O) groups excluding carboxylic acids is 2. The average Bonchev–Trinajstić information content (AvgIpc) is 2.91. The number of allylic oxidation sites excluding steroid dienone is 2.